The highest BCUT2D eigenvalue weighted by atomic mass is 16.1. The molecule has 0 heterocycles. The van der Waals surface area contributed by atoms with Gasteiger partial charge < -0.3 is 5.53 Å². The second-order valence-corrected chi connectivity index (χ2v) is 3.67. The van der Waals surface area contributed by atoms with E-state index in [-0.39, 0.29) is 5.78 Å². The lowest BCUT2D eigenvalue weighted by molar-refractivity contribution is -0.379. The number of ketones is 1. The second kappa shape index (κ2) is 4.97. The molecule has 0 aliphatic rings. The number of diazo groups is 1. The monoisotopic (exact) mass is 237 g/mol. The molecule has 0 spiro atoms. The molecule has 0 saturated carbocycles. The van der Waals surface area contributed by atoms with E-state index in [4.69, 9.17) is 10.9 Å². The predicted octanol–water partition coefficient (Wildman–Crippen LogP) is 2.14. The van der Waals surface area contributed by atoms with Crippen molar-refractivity contribution in [1.82, 2.24) is 0 Å². The van der Waals surface area contributed by atoms with Crippen molar-refractivity contribution in [2.75, 3.05) is 0 Å². The summed E-state index contributed by atoms with van der Waals surface area (Å²) >= 11 is 0. The Balaban J connectivity index is 2.41. The van der Waals surface area contributed by atoms with E-state index in [1.807, 2.05) is 5.11 Å². The number of nitrogens with one attached hydrogen (secondary N) is 1. The topological polar surface area (TPSA) is 81.5 Å². The van der Waals surface area contributed by atoms with Crippen LogP contribution < -0.4 is 5.11 Å². The van der Waals surface area contributed by atoms with Gasteiger partial charge >= 0.3 is 5.69 Å². The summed E-state index contributed by atoms with van der Waals surface area (Å²) in [5.41, 5.74) is 10.4. The lowest BCUT2D eigenvalue weighted by Crippen LogP contribution is -2.54. The zero-order chi connectivity index (χ0) is 13.0. The summed E-state index contributed by atoms with van der Waals surface area (Å²) in [6, 6.07) is 12.8. The van der Waals surface area contributed by atoms with Gasteiger partial charge in [0.05, 0.1) is 0 Å². The molecule has 0 radical (unpaired) electrons. The van der Waals surface area contributed by atoms with Gasteiger partial charge in [0.2, 0.25) is 5.39 Å². The highest BCUT2D eigenvalue weighted by Gasteiger charge is 2.14. The van der Waals surface area contributed by atoms with E-state index in [9.17, 15) is 4.79 Å². The number of carbonyl (C=O) groups excluding carboxylic acids is 1. The summed E-state index contributed by atoms with van der Waals surface area (Å²) in [6.07, 6.45) is 0. The zero-order valence-electron chi connectivity index (χ0n) is 9.37. The Morgan fingerprint density at radius 1 is 1.11 bits per heavy atom. The van der Waals surface area contributed by atoms with Crippen molar-refractivity contribution in [1.29, 1.82) is 5.39 Å². The lowest BCUT2D eigenvalue weighted by Gasteiger charge is -1.99. The maximum Gasteiger partial charge on any atom is 0.385 e. The van der Waals surface area contributed by atoms with Gasteiger partial charge in [-0.2, -0.15) is 0 Å². The molecule has 0 saturated heterocycles. The summed E-state index contributed by atoms with van der Waals surface area (Å²) < 4.78 is 0. The molecule has 1 N–H and O–H groups in total. The van der Waals surface area contributed by atoms with E-state index in [2.05, 4.69) is 4.98 Å². The Labute approximate surface area is 103 Å². The number of nitrogens with zero attached hydrogens (tertiary/aromatic N) is 3. The standard InChI is InChI=1S/C13H9N4O/c14-16-11-5-1-3-9(7-11)13(18)10-4-2-6-12(8-10)17-15/h1-8,16H/q+1. The Hall–Kier alpha value is -2.87. The number of carbonyl (C=O) groups is 1. The summed E-state index contributed by atoms with van der Waals surface area (Å²) in [7, 11) is 0. The third-order valence-electron chi connectivity index (χ3n) is 2.48. The van der Waals surface area contributed by atoms with Crippen LogP contribution in [0.1, 0.15) is 15.9 Å². The zero-order valence-corrected chi connectivity index (χ0v) is 9.37. The molecule has 0 aromatic heterocycles. The third kappa shape index (κ3) is 2.28. The van der Waals surface area contributed by atoms with Gasteiger partial charge in [0.1, 0.15) is 0 Å². The minimum absolute atomic E-state index is 0.211. The first-order chi connectivity index (χ1) is 8.74. The molecule has 2 rings (SSSR count). The quantitative estimate of drug-likeness (QED) is 0.504. The Morgan fingerprint density at radius 3 is 2.44 bits per heavy atom. The van der Waals surface area contributed by atoms with E-state index < -0.39 is 0 Å². The largest absolute Gasteiger partial charge is 0.502 e. The van der Waals surface area contributed by atoms with Crippen molar-refractivity contribution in [2.24, 2.45) is 0 Å². The molecule has 0 bridgehead atoms. The van der Waals surface area contributed by atoms with Crippen molar-refractivity contribution in [3.63, 3.8) is 0 Å². The molecule has 5 nitrogen and oxygen atoms in total. The minimum atomic E-state index is -0.211. The smallest absolute Gasteiger partial charge is 0.385 e. The fourth-order valence-electron chi connectivity index (χ4n) is 1.61. The van der Waals surface area contributed by atoms with Crippen LogP contribution in [0.4, 0.5) is 11.4 Å². The van der Waals surface area contributed by atoms with Crippen molar-refractivity contribution in [2.45, 2.75) is 0 Å². The average Bonchev–Trinajstić information content (AvgIpc) is 2.46. The Kier molecular flexibility index (Phi) is 3.21. The molecule has 0 aliphatic heterocycles. The van der Waals surface area contributed by atoms with Crippen molar-refractivity contribution in [3.05, 3.63) is 70.2 Å². The lowest BCUT2D eigenvalue weighted by atomic mass is 10.0. The van der Waals surface area contributed by atoms with Gasteiger partial charge in [-0.3, -0.25) is 9.91 Å². The van der Waals surface area contributed by atoms with Crippen molar-refractivity contribution in [3.8, 4) is 0 Å². The van der Waals surface area contributed by atoms with Crippen molar-refractivity contribution >= 4 is 17.2 Å². The molecular weight excluding hydrogens is 228 g/mol. The highest BCUT2D eigenvalue weighted by molar-refractivity contribution is 6.09. The SMILES string of the molecule is N#[N+]c1cccc(C(=O)c2cccc([NH+]=[N-])c2)c1. The van der Waals surface area contributed by atoms with Gasteiger partial charge in [-0.25, -0.2) is 0 Å². The fourth-order valence-corrected chi connectivity index (χ4v) is 1.61. The summed E-state index contributed by atoms with van der Waals surface area (Å²) in [5.74, 6) is -0.211. The molecule has 0 atom stereocenters. The number of benzene rings is 2. The number of hydrogen-bond acceptors (Lipinski definition) is 2. The summed E-state index contributed by atoms with van der Waals surface area (Å²) in [4.78, 5) is 15.2. The first-order valence-corrected chi connectivity index (χ1v) is 5.24. The van der Waals surface area contributed by atoms with Crippen LogP contribution >= 0.6 is 0 Å². The first kappa shape index (κ1) is 11.6. The van der Waals surface area contributed by atoms with Gasteiger partial charge in [-0.1, -0.05) is 24.3 Å². The van der Waals surface area contributed by atoms with Gasteiger partial charge in [-0.15, -0.1) is 0 Å². The molecule has 0 unspecified atom stereocenters. The number of rotatable bonds is 3. The average molecular weight is 237 g/mol. The van der Waals surface area contributed by atoms with E-state index >= 15 is 0 Å². The van der Waals surface area contributed by atoms with Crippen LogP contribution in [0.2, 0.25) is 0 Å². The summed E-state index contributed by atoms with van der Waals surface area (Å²) in [5, 5.41) is 10.7. The third-order valence-corrected chi connectivity index (χ3v) is 2.48. The Morgan fingerprint density at radius 2 is 1.78 bits per heavy atom. The second-order valence-electron chi connectivity index (χ2n) is 3.67. The van der Waals surface area contributed by atoms with Crippen LogP contribution in [-0.4, -0.2) is 5.78 Å². The van der Waals surface area contributed by atoms with Gasteiger partial charge in [0.15, 0.2) is 16.4 Å². The maximum absolute atomic E-state index is 12.1. The van der Waals surface area contributed by atoms with Crippen LogP contribution in [0.3, 0.4) is 0 Å². The van der Waals surface area contributed by atoms with Gasteiger partial charge in [-0.05, 0) is 0 Å². The molecule has 5 heteroatoms. The molecular formula is C13H9N4O+. The molecule has 2 aromatic carbocycles. The molecule has 2 aromatic rings. The van der Waals surface area contributed by atoms with E-state index in [1.54, 1.807) is 36.4 Å². The molecule has 18 heavy (non-hydrogen) atoms. The van der Waals surface area contributed by atoms with E-state index in [0.717, 1.165) is 0 Å². The van der Waals surface area contributed by atoms with Crippen LogP contribution in [-0.2, 0) is 0 Å². The predicted molar refractivity (Wildman–Crippen MR) is 65.0 cm³/mol. The molecule has 0 aliphatic carbocycles. The number of hydrogen-bond donors (Lipinski definition) is 1. The van der Waals surface area contributed by atoms with Crippen LogP contribution in [0.25, 0.3) is 10.5 Å². The van der Waals surface area contributed by atoms with Crippen LogP contribution in [0.15, 0.2) is 48.5 Å². The van der Waals surface area contributed by atoms with Gasteiger partial charge in [0, 0.05) is 35.4 Å². The molecule has 0 fully saturated rings. The molecule has 0 amide bonds. The maximum atomic E-state index is 12.1. The fraction of sp³-hybridized carbons (Fsp3) is 0. The van der Waals surface area contributed by atoms with E-state index in [1.165, 1.54) is 12.1 Å². The van der Waals surface area contributed by atoms with Gasteiger partial charge in [0.25, 0.3) is 0 Å². The normalized spacial score (nSPS) is 9.50. The van der Waals surface area contributed by atoms with Crippen molar-refractivity contribution < 1.29 is 9.91 Å². The Bertz CT molecular complexity index is 658. The van der Waals surface area contributed by atoms with E-state index in [0.29, 0.717) is 22.5 Å². The minimum Gasteiger partial charge on any atom is -0.502 e. The summed E-state index contributed by atoms with van der Waals surface area (Å²) in [6.45, 7) is 0. The van der Waals surface area contributed by atoms with Crippen LogP contribution in [0.5, 0.6) is 0 Å². The highest BCUT2D eigenvalue weighted by Crippen LogP contribution is 2.17. The van der Waals surface area contributed by atoms with Crippen LogP contribution in [0, 0.1) is 5.39 Å². The molecule has 86 valence electrons. The first-order valence-electron chi connectivity index (χ1n) is 5.24.